The molecule has 0 radical (unpaired) electrons. The number of benzene rings is 1. The van der Waals surface area contributed by atoms with Gasteiger partial charge in [-0.1, -0.05) is 39.8 Å². The lowest BCUT2D eigenvalue weighted by Gasteiger charge is -2.42. The Morgan fingerprint density at radius 2 is 1.65 bits per heavy atom. The predicted octanol–water partition coefficient (Wildman–Crippen LogP) is 5.56. The van der Waals surface area contributed by atoms with Gasteiger partial charge in [0.25, 0.3) is 0 Å². The molecule has 184 valence electrons. The number of hydrogen-bond donors (Lipinski definition) is 0. The van der Waals surface area contributed by atoms with Gasteiger partial charge in [-0.15, -0.1) is 0 Å². The molecular formula is C29H41N3O2. The smallest absolute Gasteiger partial charge is 0.302 e. The van der Waals surface area contributed by atoms with Crippen LogP contribution in [0.4, 0.5) is 5.69 Å². The number of hydrogen-bond acceptors (Lipinski definition) is 5. The first kappa shape index (κ1) is 24.7. The van der Waals surface area contributed by atoms with Gasteiger partial charge >= 0.3 is 5.97 Å². The van der Waals surface area contributed by atoms with E-state index in [1.165, 1.54) is 42.1 Å². The highest BCUT2D eigenvalue weighted by molar-refractivity contribution is 5.67. The SMILES string of the molecule is CC(=O)OCCCCN1CCN(c2ccnc(-c3ccc4c(c3)C(C)(C)CCC4(C)C)c2)CC1. The van der Waals surface area contributed by atoms with E-state index < -0.39 is 0 Å². The molecule has 1 fully saturated rings. The second kappa shape index (κ2) is 10.1. The number of pyridine rings is 1. The normalized spacial score (nSPS) is 19.5. The Balaban J connectivity index is 1.40. The zero-order chi connectivity index (χ0) is 24.3. The molecule has 0 N–H and O–H groups in total. The standard InChI is InChI=1S/C29H41N3O2/c1-22(33)34-19-7-6-14-31-15-17-32(18-16-31)24-10-13-30-27(21-24)23-8-9-25-26(20-23)29(4,5)12-11-28(25,2)3/h8-10,13,20-21H,6-7,11-12,14-19H2,1-5H3. The third kappa shape index (κ3) is 5.63. The summed E-state index contributed by atoms with van der Waals surface area (Å²) >= 11 is 0. The molecular weight excluding hydrogens is 422 g/mol. The molecule has 2 aromatic rings. The van der Waals surface area contributed by atoms with E-state index in [0.717, 1.165) is 51.3 Å². The van der Waals surface area contributed by atoms with Crippen LogP contribution in [0.15, 0.2) is 36.5 Å². The quantitative estimate of drug-likeness (QED) is 0.397. The van der Waals surface area contributed by atoms with E-state index in [0.29, 0.717) is 6.61 Å². The van der Waals surface area contributed by atoms with E-state index in [1.54, 1.807) is 0 Å². The Labute approximate surface area is 205 Å². The summed E-state index contributed by atoms with van der Waals surface area (Å²) in [4.78, 5) is 20.6. The van der Waals surface area contributed by atoms with Gasteiger partial charge in [0.15, 0.2) is 0 Å². The Hall–Kier alpha value is -2.40. The number of rotatable bonds is 7. The van der Waals surface area contributed by atoms with E-state index in [9.17, 15) is 4.79 Å². The molecule has 0 saturated carbocycles. The molecule has 1 aromatic heterocycles. The van der Waals surface area contributed by atoms with Crippen molar-refractivity contribution in [3.05, 3.63) is 47.7 Å². The largest absolute Gasteiger partial charge is 0.466 e. The third-order valence-corrected chi connectivity index (χ3v) is 7.80. The van der Waals surface area contributed by atoms with Crippen LogP contribution in [0.5, 0.6) is 0 Å². The van der Waals surface area contributed by atoms with Crippen LogP contribution in [0, 0.1) is 0 Å². The third-order valence-electron chi connectivity index (χ3n) is 7.80. The summed E-state index contributed by atoms with van der Waals surface area (Å²) < 4.78 is 5.03. The van der Waals surface area contributed by atoms with Crippen LogP contribution in [-0.2, 0) is 20.4 Å². The summed E-state index contributed by atoms with van der Waals surface area (Å²) in [5.41, 5.74) is 6.96. The van der Waals surface area contributed by atoms with E-state index in [1.807, 2.05) is 6.20 Å². The molecule has 1 aliphatic heterocycles. The molecule has 0 atom stereocenters. The van der Waals surface area contributed by atoms with E-state index in [2.05, 4.69) is 67.8 Å². The molecule has 5 nitrogen and oxygen atoms in total. The highest BCUT2D eigenvalue weighted by Gasteiger charge is 2.37. The minimum Gasteiger partial charge on any atom is -0.466 e. The maximum absolute atomic E-state index is 10.9. The predicted molar refractivity (Wildman–Crippen MR) is 139 cm³/mol. The Kier molecular flexibility index (Phi) is 7.32. The number of carbonyl (C=O) groups is 1. The molecule has 2 aliphatic rings. The summed E-state index contributed by atoms with van der Waals surface area (Å²) in [7, 11) is 0. The van der Waals surface area contributed by atoms with Gasteiger partial charge in [-0.25, -0.2) is 0 Å². The van der Waals surface area contributed by atoms with Crippen molar-refractivity contribution in [3.8, 4) is 11.3 Å². The molecule has 1 aromatic carbocycles. The summed E-state index contributed by atoms with van der Waals surface area (Å²) in [6.07, 6.45) is 6.41. The van der Waals surface area contributed by atoms with Crippen LogP contribution < -0.4 is 4.90 Å². The van der Waals surface area contributed by atoms with E-state index >= 15 is 0 Å². The van der Waals surface area contributed by atoms with Crippen LogP contribution >= 0.6 is 0 Å². The average Bonchev–Trinajstić information content (AvgIpc) is 2.82. The fraction of sp³-hybridized carbons (Fsp3) is 0.586. The fourth-order valence-electron chi connectivity index (χ4n) is 5.41. The number of piperazine rings is 1. The Morgan fingerprint density at radius 3 is 2.35 bits per heavy atom. The van der Waals surface area contributed by atoms with Crippen LogP contribution in [-0.4, -0.2) is 55.2 Å². The maximum atomic E-state index is 10.9. The van der Waals surface area contributed by atoms with Gasteiger partial charge in [0.2, 0.25) is 0 Å². The minimum absolute atomic E-state index is 0.187. The Morgan fingerprint density at radius 1 is 0.941 bits per heavy atom. The number of esters is 1. The molecule has 0 unspecified atom stereocenters. The van der Waals surface area contributed by atoms with Gasteiger partial charge in [0.1, 0.15) is 0 Å². The lowest BCUT2D eigenvalue weighted by atomic mass is 9.63. The summed E-state index contributed by atoms with van der Waals surface area (Å²) in [5.74, 6) is -0.187. The molecule has 0 bridgehead atoms. The van der Waals surface area contributed by atoms with Crippen molar-refractivity contribution in [2.75, 3.05) is 44.2 Å². The van der Waals surface area contributed by atoms with Crippen molar-refractivity contribution in [2.45, 2.75) is 71.1 Å². The molecule has 5 heteroatoms. The number of unbranched alkanes of at least 4 members (excludes halogenated alkanes) is 1. The average molecular weight is 464 g/mol. The van der Waals surface area contributed by atoms with E-state index in [-0.39, 0.29) is 16.8 Å². The fourth-order valence-corrected chi connectivity index (χ4v) is 5.41. The maximum Gasteiger partial charge on any atom is 0.302 e. The number of ether oxygens (including phenoxy) is 1. The van der Waals surface area contributed by atoms with Crippen LogP contribution in [0.2, 0.25) is 0 Å². The first-order valence-corrected chi connectivity index (χ1v) is 12.9. The molecule has 4 rings (SSSR count). The summed E-state index contributed by atoms with van der Waals surface area (Å²) in [6, 6.07) is 11.4. The van der Waals surface area contributed by atoms with Crippen LogP contribution in [0.25, 0.3) is 11.3 Å². The van der Waals surface area contributed by atoms with Gasteiger partial charge in [-0.3, -0.25) is 14.7 Å². The van der Waals surface area contributed by atoms with Gasteiger partial charge in [0, 0.05) is 50.6 Å². The minimum atomic E-state index is -0.187. The van der Waals surface area contributed by atoms with Crippen molar-refractivity contribution in [3.63, 3.8) is 0 Å². The highest BCUT2D eigenvalue weighted by atomic mass is 16.5. The number of anilines is 1. The molecule has 0 spiro atoms. The summed E-state index contributed by atoms with van der Waals surface area (Å²) in [6.45, 7) is 16.8. The lowest BCUT2D eigenvalue weighted by Crippen LogP contribution is -2.46. The van der Waals surface area contributed by atoms with Crippen molar-refractivity contribution in [2.24, 2.45) is 0 Å². The number of nitrogens with zero attached hydrogens (tertiary/aromatic N) is 3. The number of aromatic nitrogens is 1. The molecule has 1 aliphatic carbocycles. The van der Waals surface area contributed by atoms with Gasteiger partial charge in [-0.2, -0.15) is 0 Å². The van der Waals surface area contributed by atoms with Gasteiger partial charge < -0.3 is 9.64 Å². The highest BCUT2D eigenvalue weighted by Crippen LogP contribution is 2.46. The lowest BCUT2D eigenvalue weighted by molar-refractivity contribution is -0.141. The molecule has 1 saturated heterocycles. The first-order valence-electron chi connectivity index (χ1n) is 12.9. The first-order chi connectivity index (χ1) is 16.2. The monoisotopic (exact) mass is 463 g/mol. The van der Waals surface area contributed by atoms with Crippen LogP contribution in [0.1, 0.15) is 71.4 Å². The van der Waals surface area contributed by atoms with Gasteiger partial charge in [-0.05, 0) is 72.4 Å². The van der Waals surface area contributed by atoms with Crippen LogP contribution in [0.3, 0.4) is 0 Å². The van der Waals surface area contributed by atoms with Crippen molar-refractivity contribution in [1.82, 2.24) is 9.88 Å². The number of fused-ring (bicyclic) bond motifs is 1. The van der Waals surface area contributed by atoms with Crippen molar-refractivity contribution in [1.29, 1.82) is 0 Å². The van der Waals surface area contributed by atoms with Gasteiger partial charge in [0.05, 0.1) is 12.3 Å². The zero-order valence-corrected chi connectivity index (χ0v) is 21.7. The molecule has 0 amide bonds. The topological polar surface area (TPSA) is 45.7 Å². The molecule has 34 heavy (non-hydrogen) atoms. The second-order valence-electron chi connectivity index (χ2n) is 11.3. The summed E-state index contributed by atoms with van der Waals surface area (Å²) in [5, 5.41) is 0. The number of carbonyl (C=O) groups excluding carboxylic acids is 1. The zero-order valence-electron chi connectivity index (χ0n) is 21.7. The van der Waals surface area contributed by atoms with Crippen molar-refractivity contribution >= 4 is 11.7 Å². The van der Waals surface area contributed by atoms with Crippen molar-refractivity contribution < 1.29 is 9.53 Å². The molecule has 2 heterocycles. The van der Waals surface area contributed by atoms with E-state index in [4.69, 9.17) is 9.72 Å². The Bertz CT molecular complexity index is 1010. The second-order valence-corrected chi connectivity index (χ2v) is 11.3.